The number of ether oxygens (including phenoxy) is 3. The fraction of sp³-hybridized carbons (Fsp3) is 0.906. The van der Waals surface area contributed by atoms with E-state index in [2.05, 4.69) is 32.9 Å². The van der Waals surface area contributed by atoms with E-state index in [1.54, 1.807) is 0 Å². The van der Waals surface area contributed by atoms with Gasteiger partial charge in [0.25, 0.3) is 0 Å². The Hall–Kier alpha value is -1.85. The highest BCUT2D eigenvalue weighted by atomic mass is 16.6. The molecule has 0 aromatic heterocycles. The Balaban J connectivity index is 4.26. The molecule has 0 amide bonds. The molecule has 0 rings (SSSR count). The van der Waals surface area contributed by atoms with E-state index in [-0.39, 0.29) is 31.1 Å². The van der Waals surface area contributed by atoms with Crippen molar-refractivity contribution in [1.29, 1.82) is 0 Å². The van der Waals surface area contributed by atoms with Crippen molar-refractivity contribution in [3.8, 4) is 0 Å². The van der Waals surface area contributed by atoms with Gasteiger partial charge in [0.15, 0.2) is 6.10 Å². The molecule has 0 aliphatic rings. The monoisotopic (exact) mass is 833 g/mol. The third-order valence-corrected chi connectivity index (χ3v) is 11.8. The molecule has 0 saturated heterocycles. The van der Waals surface area contributed by atoms with Gasteiger partial charge in [0.1, 0.15) is 13.2 Å². The smallest absolute Gasteiger partial charge is 0.306 e. The maximum absolute atomic E-state index is 12.8. The molecule has 0 spiro atoms. The molecular formula is C53H100O6. The molecule has 0 bridgehead atoms. The molecule has 0 saturated carbocycles. The maximum Gasteiger partial charge on any atom is 0.306 e. The summed E-state index contributed by atoms with van der Waals surface area (Å²) in [5, 5.41) is 0. The first kappa shape index (κ1) is 57.1. The molecule has 1 unspecified atom stereocenters. The number of hydrogen-bond acceptors (Lipinski definition) is 6. The number of allylic oxidation sites excluding steroid dienone is 2. The van der Waals surface area contributed by atoms with Gasteiger partial charge >= 0.3 is 17.9 Å². The first-order chi connectivity index (χ1) is 29.0. The Morgan fingerprint density at radius 3 is 0.847 bits per heavy atom. The van der Waals surface area contributed by atoms with E-state index in [0.29, 0.717) is 19.3 Å². The Kier molecular flexibility index (Phi) is 47.3. The van der Waals surface area contributed by atoms with Crippen LogP contribution in [0.2, 0.25) is 0 Å². The minimum absolute atomic E-state index is 0.0665. The van der Waals surface area contributed by atoms with Crippen molar-refractivity contribution in [2.75, 3.05) is 13.2 Å². The quantitative estimate of drug-likeness (QED) is 0.0263. The van der Waals surface area contributed by atoms with E-state index in [4.69, 9.17) is 14.2 Å². The SMILES string of the molecule is CCCCCCCCC/C=C\CCCCCCCCCC(=O)OCC(COC(=O)CCCCCCCCCCC)OC(=O)CCCCCCCCCCCCCCCC. The zero-order valence-corrected chi connectivity index (χ0v) is 39.8. The van der Waals surface area contributed by atoms with E-state index in [1.807, 2.05) is 0 Å². The summed E-state index contributed by atoms with van der Waals surface area (Å²) in [4.78, 5) is 37.9. The van der Waals surface area contributed by atoms with Crippen LogP contribution in [-0.4, -0.2) is 37.2 Å². The molecule has 0 heterocycles. The van der Waals surface area contributed by atoms with Crippen LogP contribution in [0.1, 0.15) is 290 Å². The predicted molar refractivity (Wildman–Crippen MR) is 252 cm³/mol. The molecule has 0 aromatic carbocycles. The average molecular weight is 833 g/mol. The maximum atomic E-state index is 12.8. The van der Waals surface area contributed by atoms with Crippen LogP contribution in [-0.2, 0) is 28.6 Å². The largest absolute Gasteiger partial charge is 0.462 e. The molecule has 6 nitrogen and oxygen atoms in total. The Labute approximate surface area is 367 Å². The van der Waals surface area contributed by atoms with Gasteiger partial charge in [0, 0.05) is 19.3 Å². The van der Waals surface area contributed by atoms with Crippen LogP contribution in [0.15, 0.2) is 12.2 Å². The molecule has 0 fully saturated rings. The van der Waals surface area contributed by atoms with E-state index in [9.17, 15) is 14.4 Å². The van der Waals surface area contributed by atoms with E-state index in [0.717, 1.165) is 57.8 Å². The molecule has 6 heteroatoms. The van der Waals surface area contributed by atoms with Gasteiger partial charge in [-0.1, -0.05) is 238 Å². The summed E-state index contributed by atoms with van der Waals surface area (Å²) in [5.74, 6) is -0.857. The highest BCUT2D eigenvalue weighted by Crippen LogP contribution is 2.16. The fourth-order valence-corrected chi connectivity index (χ4v) is 7.79. The lowest BCUT2D eigenvalue weighted by Crippen LogP contribution is -2.30. The van der Waals surface area contributed by atoms with Gasteiger partial charge < -0.3 is 14.2 Å². The Morgan fingerprint density at radius 1 is 0.322 bits per heavy atom. The fourth-order valence-electron chi connectivity index (χ4n) is 7.79. The van der Waals surface area contributed by atoms with Gasteiger partial charge in [0.2, 0.25) is 0 Å². The average Bonchev–Trinajstić information content (AvgIpc) is 3.23. The summed E-state index contributed by atoms with van der Waals surface area (Å²) in [7, 11) is 0. The van der Waals surface area contributed by atoms with Crippen molar-refractivity contribution < 1.29 is 28.6 Å². The van der Waals surface area contributed by atoms with Crippen molar-refractivity contribution in [3.63, 3.8) is 0 Å². The summed E-state index contributed by atoms with van der Waals surface area (Å²) in [6, 6.07) is 0. The van der Waals surface area contributed by atoms with E-state index >= 15 is 0 Å². The number of hydrogen-bond donors (Lipinski definition) is 0. The van der Waals surface area contributed by atoms with Gasteiger partial charge in [0.05, 0.1) is 0 Å². The molecule has 348 valence electrons. The number of unbranched alkanes of at least 4 members (excludes halogenated alkanes) is 35. The normalized spacial score (nSPS) is 12.0. The van der Waals surface area contributed by atoms with Crippen molar-refractivity contribution in [1.82, 2.24) is 0 Å². The zero-order chi connectivity index (χ0) is 43.0. The first-order valence-corrected chi connectivity index (χ1v) is 26.2. The van der Waals surface area contributed by atoms with Gasteiger partial charge in [-0.25, -0.2) is 0 Å². The molecule has 0 aliphatic carbocycles. The van der Waals surface area contributed by atoms with Crippen LogP contribution in [0.25, 0.3) is 0 Å². The number of esters is 3. The standard InChI is InChI=1S/C53H100O6/c1-4-7-10-13-16-19-21-23-25-26-27-28-30-31-34-37-40-43-46-52(55)58-49-50(48-57-51(54)45-42-39-36-33-18-15-12-9-6-3)59-53(56)47-44-41-38-35-32-29-24-22-20-17-14-11-8-5-2/h25-26,50H,4-24,27-49H2,1-3H3/b26-25-. The van der Waals surface area contributed by atoms with Gasteiger partial charge in [-0.3, -0.25) is 14.4 Å². The topological polar surface area (TPSA) is 78.9 Å². The molecule has 59 heavy (non-hydrogen) atoms. The molecular weight excluding hydrogens is 733 g/mol. The summed E-state index contributed by atoms with van der Waals surface area (Å²) < 4.78 is 16.8. The third kappa shape index (κ3) is 47.1. The van der Waals surface area contributed by atoms with Gasteiger partial charge in [-0.05, 0) is 44.9 Å². The lowest BCUT2D eigenvalue weighted by atomic mass is 10.0. The second kappa shape index (κ2) is 48.8. The third-order valence-electron chi connectivity index (χ3n) is 11.8. The second-order valence-electron chi connectivity index (χ2n) is 17.8. The second-order valence-corrected chi connectivity index (χ2v) is 17.8. The van der Waals surface area contributed by atoms with E-state index < -0.39 is 6.10 Å². The minimum atomic E-state index is -0.764. The van der Waals surface area contributed by atoms with Crippen molar-refractivity contribution in [2.45, 2.75) is 297 Å². The molecule has 0 radical (unpaired) electrons. The first-order valence-electron chi connectivity index (χ1n) is 26.2. The van der Waals surface area contributed by atoms with Crippen LogP contribution >= 0.6 is 0 Å². The van der Waals surface area contributed by atoms with Gasteiger partial charge in [-0.2, -0.15) is 0 Å². The van der Waals surface area contributed by atoms with Crippen LogP contribution in [0, 0.1) is 0 Å². The van der Waals surface area contributed by atoms with Gasteiger partial charge in [-0.15, -0.1) is 0 Å². The highest BCUT2D eigenvalue weighted by Gasteiger charge is 2.19. The minimum Gasteiger partial charge on any atom is -0.462 e. The molecule has 1 atom stereocenters. The van der Waals surface area contributed by atoms with Crippen LogP contribution in [0.5, 0.6) is 0 Å². The summed E-state index contributed by atoms with van der Waals surface area (Å²) in [6.45, 7) is 6.65. The van der Waals surface area contributed by atoms with Crippen molar-refractivity contribution in [2.24, 2.45) is 0 Å². The number of carbonyl (C=O) groups excluding carboxylic acids is 3. The highest BCUT2D eigenvalue weighted by molar-refractivity contribution is 5.71. The van der Waals surface area contributed by atoms with Crippen molar-refractivity contribution in [3.05, 3.63) is 12.2 Å². The van der Waals surface area contributed by atoms with Crippen LogP contribution in [0.4, 0.5) is 0 Å². The summed E-state index contributed by atoms with van der Waals surface area (Å²) >= 11 is 0. The zero-order valence-electron chi connectivity index (χ0n) is 39.8. The number of rotatable bonds is 48. The molecule has 0 aromatic rings. The Bertz CT molecular complexity index is 916. The lowest BCUT2D eigenvalue weighted by Gasteiger charge is -2.18. The predicted octanol–water partition coefficient (Wildman–Crippen LogP) is 17.0. The summed E-state index contributed by atoms with van der Waals surface area (Å²) in [6.07, 6.45) is 53.4. The molecule has 0 N–H and O–H groups in total. The van der Waals surface area contributed by atoms with E-state index in [1.165, 1.54) is 193 Å². The summed E-state index contributed by atoms with van der Waals surface area (Å²) in [5.41, 5.74) is 0. The van der Waals surface area contributed by atoms with Crippen molar-refractivity contribution >= 4 is 17.9 Å². The Morgan fingerprint density at radius 2 is 0.559 bits per heavy atom. The van der Waals surface area contributed by atoms with Crippen LogP contribution in [0.3, 0.4) is 0 Å². The van der Waals surface area contributed by atoms with Crippen LogP contribution < -0.4 is 0 Å². The molecule has 0 aliphatic heterocycles. The number of carbonyl (C=O) groups is 3. The lowest BCUT2D eigenvalue weighted by molar-refractivity contribution is -0.167.